The van der Waals surface area contributed by atoms with Crippen molar-refractivity contribution in [2.24, 2.45) is 11.7 Å². The second kappa shape index (κ2) is 10.8. The molecule has 7 nitrogen and oxygen atoms in total. The van der Waals surface area contributed by atoms with Crippen molar-refractivity contribution in [1.29, 1.82) is 0 Å². The number of nitrogens with zero attached hydrogens (tertiary/aromatic N) is 3. The fraction of sp³-hybridized carbons (Fsp3) is 0.370. The number of nitrogens with one attached hydrogen (secondary N) is 1. The van der Waals surface area contributed by atoms with Gasteiger partial charge in [-0.15, -0.1) is 0 Å². The predicted molar refractivity (Wildman–Crippen MR) is 139 cm³/mol. The molecule has 8 heteroatoms. The standard InChI is InChI=1S/C27H33FN6O/c1-17(2)21(28)14-18-5-3-6-19(13-18)23-9-8-22(30)26(32-23)27(35)33-24-15-31-11-10-25(24)34-12-4-7-20(29)16-34/h3,5-6,8-11,13,15,17,20-21H,4,7,12,14,16,29-30H2,1-2H3,(H,33,35). The highest BCUT2D eigenvalue weighted by Crippen LogP contribution is 2.29. The zero-order valence-corrected chi connectivity index (χ0v) is 20.2. The molecule has 2 unspecified atom stereocenters. The molecule has 1 fully saturated rings. The Hall–Kier alpha value is -3.52. The largest absolute Gasteiger partial charge is 0.397 e. The Morgan fingerprint density at radius 2 is 2.09 bits per heavy atom. The molecule has 0 saturated carbocycles. The van der Waals surface area contributed by atoms with Crippen molar-refractivity contribution < 1.29 is 9.18 Å². The Balaban J connectivity index is 1.57. The van der Waals surface area contributed by atoms with Crippen LogP contribution in [-0.2, 0) is 6.42 Å². The molecule has 4 rings (SSSR count). The molecule has 35 heavy (non-hydrogen) atoms. The van der Waals surface area contributed by atoms with Gasteiger partial charge in [0.1, 0.15) is 6.17 Å². The minimum absolute atomic E-state index is 0.0540. The molecule has 2 aromatic heterocycles. The lowest BCUT2D eigenvalue weighted by Gasteiger charge is -2.33. The van der Waals surface area contributed by atoms with Gasteiger partial charge in [0.2, 0.25) is 0 Å². The normalized spacial score (nSPS) is 16.8. The zero-order chi connectivity index (χ0) is 24.9. The molecule has 3 heterocycles. The van der Waals surface area contributed by atoms with Gasteiger partial charge < -0.3 is 21.7 Å². The number of piperidine rings is 1. The number of aromatic nitrogens is 2. The monoisotopic (exact) mass is 476 g/mol. The van der Waals surface area contributed by atoms with E-state index < -0.39 is 12.1 Å². The number of carbonyl (C=O) groups excluding carboxylic acids is 1. The lowest BCUT2D eigenvalue weighted by atomic mass is 9.98. The van der Waals surface area contributed by atoms with Crippen LogP contribution in [0.1, 0.15) is 42.7 Å². The van der Waals surface area contributed by atoms with Crippen LogP contribution in [-0.4, -0.2) is 41.2 Å². The Morgan fingerprint density at radius 1 is 1.26 bits per heavy atom. The summed E-state index contributed by atoms with van der Waals surface area (Å²) in [4.78, 5) is 24.1. The summed E-state index contributed by atoms with van der Waals surface area (Å²) in [6.45, 7) is 5.32. The molecule has 5 N–H and O–H groups in total. The fourth-order valence-corrected chi connectivity index (χ4v) is 4.30. The van der Waals surface area contributed by atoms with Crippen molar-refractivity contribution in [2.75, 3.05) is 29.0 Å². The molecule has 1 aliphatic heterocycles. The number of carbonyl (C=O) groups is 1. The third-order valence-electron chi connectivity index (χ3n) is 6.36. The molecule has 2 atom stereocenters. The van der Waals surface area contributed by atoms with Crippen LogP contribution < -0.4 is 21.7 Å². The maximum absolute atomic E-state index is 14.3. The topological polar surface area (TPSA) is 110 Å². The minimum Gasteiger partial charge on any atom is -0.397 e. The lowest BCUT2D eigenvalue weighted by Crippen LogP contribution is -2.43. The van der Waals surface area contributed by atoms with Crippen LogP contribution in [0.2, 0.25) is 0 Å². The first kappa shape index (κ1) is 24.6. The van der Waals surface area contributed by atoms with Crippen LogP contribution in [0.5, 0.6) is 0 Å². The van der Waals surface area contributed by atoms with Crippen molar-refractivity contribution in [1.82, 2.24) is 9.97 Å². The van der Waals surface area contributed by atoms with E-state index in [2.05, 4.69) is 20.2 Å². The second-order valence-corrected chi connectivity index (χ2v) is 9.49. The number of pyridine rings is 2. The molecule has 184 valence electrons. The summed E-state index contributed by atoms with van der Waals surface area (Å²) in [5.74, 6) is -0.471. The van der Waals surface area contributed by atoms with Crippen LogP contribution in [0.15, 0.2) is 54.9 Å². The van der Waals surface area contributed by atoms with Crippen molar-refractivity contribution in [2.45, 2.75) is 45.3 Å². The van der Waals surface area contributed by atoms with Crippen molar-refractivity contribution in [3.8, 4) is 11.3 Å². The molecule has 0 spiro atoms. The Bertz CT molecular complexity index is 1180. The second-order valence-electron chi connectivity index (χ2n) is 9.49. The van der Waals surface area contributed by atoms with E-state index >= 15 is 0 Å². The summed E-state index contributed by atoms with van der Waals surface area (Å²) in [6.07, 6.45) is 4.71. The van der Waals surface area contributed by atoms with E-state index in [1.165, 1.54) is 0 Å². The average Bonchev–Trinajstić information content (AvgIpc) is 2.84. The van der Waals surface area contributed by atoms with Gasteiger partial charge in [-0.3, -0.25) is 9.78 Å². The van der Waals surface area contributed by atoms with Crippen molar-refractivity contribution >= 4 is 23.0 Å². The van der Waals surface area contributed by atoms with Crippen LogP contribution in [0, 0.1) is 5.92 Å². The molecule has 1 aliphatic rings. The van der Waals surface area contributed by atoms with E-state index in [4.69, 9.17) is 11.5 Å². The number of halogens is 1. The van der Waals surface area contributed by atoms with Gasteiger partial charge in [-0.05, 0) is 48.6 Å². The van der Waals surface area contributed by atoms with Gasteiger partial charge in [-0.1, -0.05) is 32.0 Å². The molecular formula is C27H33FN6O. The van der Waals surface area contributed by atoms with Gasteiger partial charge in [-0.25, -0.2) is 9.37 Å². The van der Waals surface area contributed by atoms with E-state index in [1.54, 1.807) is 24.5 Å². The number of nitrogen functional groups attached to an aromatic ring is 1. The summed E-state index contributed by atoms with van der Waals surface area (Å²) >= 11 is 0. The number of alkyl halides is 1. The first-order chi connectivity index (χ1) is 16.8. The van der Waals surface area contributed by atoms with Crippen molar-refractivity contribution in [3.05, 3.63) is 66.1 Å². The highest BCUT2D eigenvalue weighted by Gasteiger charge is 2.22. The van der Waals surface area contributed by atoms with Gasteiger partial charge in [0, 0.05) is 37.3 Å². The smallest absolute Gasteiger partial charge is 0.276 e. The molecule has 0 aliphatic carbocycles. The molecule has 1 saturated heterocycles. The highest BCUT2D eigenvalue weighted by molar-refractivity contribution is 6.07. The third kappa shape index (κ3) is 5.95. The van der Waals surface area contributed by atoms with Gasteiger partial charge in [0.25, 0.3) is 5.91 Å². The Kier molecular flexibility index (Phi) is 7.60. The maximum Gasteiger partial charge on any atom is 0.276 e. The van der Waals surface area contributed by atoms with Crippen molar-refractivity contribution in [3.63, 3.8) is 0 Å². The van der Waals surface area contributed by atoms with E-state index in [0.29, 0.717) is 17.8 Å². The molecule has 1 aromatic carbocycles. The maximum atomic E-state index is 14.3. The van der Waals surface area contributed by atoms with E-state index in [1.807, 2.05) is 44.2 Å². The molecular weight excluding hydrogens is 443 g/mol. The fourth-order valence-electron chi connectivity index (χ4n) is 4.30. The lowest BCUT2D eigenvalue weighted by molar-refractivity contribution is 0.102. The minimum atomic E-state index is -0.922. The first-order valence-corrected chi connectivity index (χ1v) is 12.1. The molecule has 0 bridgehead atoms. The summed E-state index contributed by atoms with van der Waals surface area (Å²) in [5.41, 5.74) is 16.4. The summed E-state index contributed by atoms with van der Waals surface area (Å²) in [7, 11) is 0. The van der Waals surface area contributed by atoms with Crippen LogP contribution in [0.4, 0.5) is 21.5 Å². The Labute approximate surface area is 205 Å². The number of nitrogens with two attached hydrogens (primary N) is 2. The van der Waals surface area contributed by atoms with Crippen LogP contribution in [0.25, 0.3) is 11.3 Å². The highest BCUT2D eigenvalue weighted by atomic mass is 19.1. The third-order valence-corrected chi connectivity index (χ3v) is 6.36. The number of benzene rings is 1. The number of rotatable bonds is 7. The van der Waals surface area contributed by atoms with Crippen LogP contribution in [0.3, 0.4) is 0 Å². The average molecular weight is 477 g/mol. The Morgan fingerprint density at radius 3 is 2.86 bits per heavy atom. The summed E-state index contributed by atoms with van der Waals surface area (Å²) in [5, 5.41) is 2.93. The predicted octanol–water partition coefficient (Wildman–Crippen LogP) is 4.44. The number of hydrogen-bond acceptors (Lipinski definition) is 6. The molecule has 0 radical (unpaired) electrons. The van der Waals surface area contributed by atoms with E-state index in [9.17, 15) is 9.18 Å². The van der Waals surface area contributed by atoms with E-state index in [-0.39, 0.29) is 23.3 Å². The van der Waals surface area contributed by atoms with Gasteiger partial charge in [-0.2, -0.15) is 0 Å². The van der Waals surface area contributed by atoms with Gasteiger partial charge in [0.05, 0.1) is 29.0 Å². The first-order valence-electron chi connectivity index (χ1n) is 12.1. The summed E-state index contributed by atoms with van der Waals surface area (Å²) < 4.78 is 14.3. The quantitative estimate of drug-likeness (QED) is 0.465. The number of hydrogen-bond donors (Lipinski definition) is 3. The SMILES string of the molecule is CC(C)C(F)Cc1cccc(-c2ccc(N)c(C(=O)Nc3cnccc3N3CCCC(N)C3)n2)c1. The zero-order valence-electron chi connectivity index (χ0n) is 20.2. The van der Waals surface area contributed by atoms with Gasteiger partial charge in [0.15, 0.2) is 5.69 Å². The number of anilines is 3. The summed E-state index contributed by atoms with van der Waals surface area (Å²) in [6, 6.07) is 13.0. The van der Waals surface area contributed by atoms with E-state index in [0.717, 1.165) is 42.7 Å². The number of amides is 1. The van der Waals surface area contributed by atoms with Gasteiger partial charge >= 0.3 is 0 Å². The molecule has 3 aromatic rings. The molecule has 1 amide bonds. The van der Waals surface area contributed by atoms with Crippen LogP contribution >= 0.6 is 0 Å².